The summed E-state index contributed by atoms with van der Waals surface area (Å²) >= 11 is 0. The smallest absolute Gasteiger partial charge is 0.193 e. The Hall–Kier alpha value is -1.02. The zero-order valence-corrected chi connectivity index (χ0v) is 16.2. The summed E-state index contributed by atoms with van der Waals surface area (Å²) in [4.78, 5) is 6.76. The highest BCUT2D eigenvalue weighted by Crippen LogP contribution is 2.14. The van der Waals surface area contributed by atoms with E-state index in [2.05, 4.69) is 29.1 Å². The second-order valence-corrected chi connectivity index (χ2v) is 4.85. The Kier molecular flexibility index (Phi) is 11.9. The van der Waals surface area contributed by atoms with Crippen molar-refractivity contribution in [1.29, 1.82) is 0 Å². The number of unbranched alkanes of at least 4 members (excludes halogenated alkanes) is 1. The number of nitrogens with two attached hydrogens (primary N) is 1. The summed E-state index contributed by atoms with van der Waals surface area (Å²) < 4.78 is 5.11. The SMILES string of the molecule is CCN(CC)CCCCN=C(N)Nc1ccc(OC)cc1.I. The number of benzene rings is 1. The van der Waals surface area contributed by atoms with E-state index in [1.54, 1.807) is 7.11 Å². The molecule has 0 aromatic heterocycles. The van der Waals surface area contributed by atoms with Crippen molar-refractivity contribution in [1.82, 2.24) is 4.90 Å². The number of hydrogen-bond acceptors (Lipinski definition) is 3. The summed E-state index contributed by atoms with van der Waals surface area (Å²) in [5.41, 5.74) is 6.78. The van der Waals surface area contributed by atoms with Gasteiger partial charge in [0, 0.05) is 12.2 Å². The number of aliphatic imine (C=N–C) groups is 1. The molecule has 0 atom stereocenters. The Morgan fingerprint density at radius 2 is 1.82 bits per heavy atom. The third kappa shape index (κ3) is 8.43. The van der Waals surface area contributed by atoms with Gasteiger partial charge in [0.15, 0.2) is 5.96 Å². The van der Waals surface area contributed by atoms with Gasteiger partial charge in [0.2, 0.25) is 0 Å². The molecule has 126 valence electrons. The summed E-state index contributed by atoms with van der Waals surface area (Å²) in [7, 11) is 1.65. The molecule has 0 spiro atoms. The van der Waals surface area contributed by atoms with E-state index < -0.39 is 0 Å². The van der Waals surface area contributed by atoms with Gasteiger partial charge in [-0.15, -0.1) is 24.0 Å². The molecule has 6 heteroatoms. The maximum Gasteiger partial charge on any atom is 0.193 e. The first-order valence-electron chi connectivity index (χ1n) is 7.63. The fourth-order valence-electron chi connectivity index (χ4n) is 2.05. The van der Waals surface area contributed by atoms with Gasteiger partial charge >= 0.3 is 0 Å². The molecule has 0 heterocycles. The molecular formula is C16H29IN4O. The Morgan fingerprint density at radius 1 is 1.18 bits per heavy atom. The predicted molar refractivity (Wildman–Crippen MR) is 106 cm³/mol. The van der Waals surface area contributed by atoms with Crippen LogP contribution in [0.2, 0.25) is 0 Å². The van der Waals surface area contributed by atoms with Crippen LogP contribution in [-0.4, -0.2) is 44.1 Å². The molecule has 0 aliphatic carbocycles. The molecule has 0 aliphatic heterocycles. The second-order valence-electron chi connectivity index (χ2n) is 4.85. The number of anilines is 1. The first-order valence-corrected chi connectivity index (χ1v) is 7.63. The third-order valence-corrected chi connectivity index (χ3v) is 3.42. The summed E-state index contributed by atoms with van der Waals surface area (Å²) in [6.07, 6.45) is 2.21. The van der Waals surface area contributed by atoms with E-state index in [1.165, 1.54) is 0 Å². The molecule has 1 rings (SSSR count). The molecule has 0 amide bonds. The van der Waals surface area contributed by atoms with Crippen molar-refractivity contribution in [3.8, 4) is 5.75 Å². The van der Waals surface area contributed by atoms with Crippen LogP contribution in [0.3, 0.4) is 0 Å². The normalized spacial score (nSPS) is 11.2. The van der Waals surface area contributed by atoms with Gasteiger partial charge < -0.3 is 20.7 Å². The van der Waals surface area contributed by atoms with E-state index in [1.807, 2.05) is 24.3 Å². The van der Waals surface area contributed by atoms with Crippen LogP contribution < -0.4 is 15.8 Å². The molecule has 1 aromatic rings. The zero-order chi connectivity index (χ0) is 15.5. The molecule has 1 aromatic carbocycles. The predicted octanol–water partition coefficient (Wildman–Crippen LogP) is 3.16. The van der Waals surface area contributed by atoms with Crippen LogP contribution in [0.4, 0.5) is 5.69 Å². The van der Waals surface area contributed by atoms with Gasteiger partial charge in [-0.2, -0.15) is 0 Å². The largest absolute Gasteiger partial charge is 0.497 e. The second kappa shape index (κ2) is 12.5. The summed E-state index contributed by atoms with van der Waals surface area (Å²) in [6, 6.07) is 7.61. The van der Waals surface area contributed by atoms with Crippen molar-refractivity contribution >= 4 is 35.6 Å². The highest BCUT2D eigenvalue weighted by Gasteiger charge is 1.98. The molecule has 0 fully saturated rings. The first kappa shape index (κ1) is 21.0. The number of rotatable bonds is 9. The Bertz CT molecular complexity index is 419. The summed E-state index contributed by atoms with van der Waals surface area (Å²) in [6.45, 7) is 8.50. The summed E-state index contributed by atoms with van der Waals surface area (Å²) in [5, 5.41) is 3.08. The topological polar surface area (TPSA) is 62.9 Å². The molecule has 0 saturated heterocycles. The molecule has 0 radical (unpaired) electrons. The van der Waals surface area contributed by atoms with Crippen molar-refractivity contribution in [3.05, 3.63) is 24.3 Å². The fourth-order valence-corrected chi connectivity index (χ4v) is 2.05. The highest BCUT2D eigenvalue weighted by molar-refractivity contribution is 14.0. The lowest BCUT2D eigenvalue weighted by molar-refractivity contribution is 0.298. The summed E-state index contributed by atoms with van der Waals surface area (Å²) in [5.74, 6) is 1.29. The van der Waals surface area contributed by atoms with Gasteiger partial charge in [0.25, 0.3) is 0 Å². The van der Waals surface area contributed by atoms with Crippen LogP contribution in [-0.2, 0) is 0 Å². The lowest BCUT2D eigenvalue weighted by atomic mass is 10.3. The highest BCUT2D eigenvalue weighted by atomic mass is 127. The van der Waals surface area contributed by atoms with E-state index in [4.69, 9.17) is 10.5 Å². The van der Waals surface area contributed by atoms with Crippen LogP contribution in [0.15, 0.2) is 29.3 Å². The quantitative estimate of drug-likeness (QED) is 0.279. The average Bonchev–Trinajstić information content (AvgIpc) is 2.51. The zero-order valence-electron chi connectivity index (χ0n) is 13.8. The minimum absolute atomic E-state index is 0. The number of nitrogens with one attached hydrogen (secondary N) is 1. The number of ether oxygens (including phenoxy) is 1. The molecule has 5 nitrogen and oxygen atoms in total. The molecule has 0 unspecified atom stereocenters. The van der Waals surface area contributed by atoms with E-state index in [-0.39, 0.29) is 24.0 Å². The van der Waals surface area contributed by atoms with Gasteiger partial charge in [-0.1, -0.05) is 13.8 Å². The van der Waals surface area contributed by atoms with Crippen LogP contribution in [0.1, 0.15) is 26.7 Å². The van der Waals surface area contributed by atoms with Gasteiger partial charge in [-0.3, -0.25) is 4.99 Å². The lowest BCUT2D eigenvalue weighted by Gasteiger charge is -2.17. The van der Waals surface area contributed by atoms with Gasteiger partial charge in [0.1, 0.15) is 5.75 Å². The third-order valence-electron chi connectivity index (χ3n) is 3.42. The van der Waals surface area contributed by atoms with Crippen LogP contribution in [0, 0.1) is 0 Å². The number of halogens is 1. The van der Waals surface area contributed by atoms with Gasteiger partial charge in [0.05, 0.1) is 7.11 Å². The van der Waals surface area contributed by atoms with Crippen molar-refractivity contribution in [2.75, 3.05) is 38.6 Å². The molecule has 3 N–H and O–H groups in total. The molecule has 0 bridgehead atoms. The number of nitrogens with zero attached hydrogens (tertiary/aromatic N) is 2. The average molecular weight is 420 g/mol. The Morgan fingerprint density at radius 3 is 2.36 bits per heavy atom. The Labute approximate surface area is 151 Å². The minimum Gasteiger partial charge on any atom is -0.497 e. The first-order chi connectivity index (χ1) is 10.2. The molecule has 0 saturated carbocycles. The van der Waals surface area contributed by atoms with Crippen molar-refractivity contribution in [2.45, 2.75) is 26.7 Å². The van der Waals surface area contributed by atoms with E-state index in [0.29, 0.717) is 5.96 Å². The van der Waals surface area contributed by atoms with Crippen molar-refractivity contribution in [3.63, 3.8) is 0 Å². The van der Waals surface area contributed by atoms with Crippen molar-refractivity contribution in [2.24, 2.45) is 10.7 Å². The number of hydrogen-bond donors (Lipinski definition) is 2. The molecule has 22 heavy (non-hydrogen) atoms. The maximum absolute atomic E-state index is 5.87. The van der Waals surface area contributed by atoms with E-state index >= 15 is 0 Å². The Balaban J connectivity index is 0.00000441. The van der Waals surface area contributed by atoms with E-state index in [0.717, 1.165) is 50.5 Å². The maximum atomic E-state index is 5.87. The standard InChI is InChI=1S/C16H28N4O.HI/c1-4-20(5-2)13-7-6-12-18-16(17)19-14-8-10-15(21-3)11-9-14;/h8-11H,4-7,12-13H2,1-3H3,(H3,17,18,19);1H. The van der Waals surface area contributed by atoms with Crippen LogP contribution >= 0.6 is 24.0 Å². The lowest BCUT2D eigenvalue weighted by Crippen LogP contribution is -2.24. The van der Waals surface area contributed by atoms with Crippen LogP contribution in [0.5, 0.6) is 5.75 Å². The minimum atomic E-state index is 0. The van der Waals surface area contributed by atoms with Crippen LogP contribution in [0.25, 0.3) is 0 Å². The number of guanidine groups is 1. The number of methoxy groups -OCH3 is 1. The molecular weight excluding hydrogens is 391 g/mol. The monoisotopic (exact) mass is 420 g/mol. The van der Waals surface area contributed by atoms with E-state index in [9.17, 15) is 0 Å². The van der Waals surface area contributed by atoms with Gasteiger partial charge in [-0.05, 0) is 56.7 Å². The molecule has 0 aliphatic rings. The fraction of sp³-hybridized carbons (Fsp3) is 0.562. The van der Waals surface area contributed by atoms with Crippen molar-refractivity contribution < 1.29 is 4.74 Å². The van der Waals surface area contributed by atoms with Gasteiger partial charge in [-0.25, -0.2) is 0 Å².